The van der Waals surface area contributed by atoms with Gasteiger partial charge in [-0.05, 0) is 18.1 Å². The van der Waals surface area contributed by atoms with Crippen LogP contribution >= 0.6 is 0 Å². The maximum Gasteiger partial charge on any atom is 0.223 e. The Labute approximate surface area is 117 Å². The van der Waals surface area contributed by atoms with E-state index in [4.69, 9.17) is 0 Å². The fourth-order valence-corrected chi connectivity index (χ4v) is 2.52. The first-order valence-corrected chi connectivity index (χ1v) is 6.77. The summed E-state index contributed by atoms with van der Waals surface area (Å²) < 4.78 is 2.08. The molecular weight excluding hydrogens is 254 g/mol. The van der Waals surface area contributed by atoms with E-state index in [1.54, 1.807) is 18.5 Å². The van der Waals surface area contributed by atoms with E-state index in [-0.39, 0.29) is 11.7 Å². The fraction of sp³-hybridized carbons (Fsp3) is 0.333. The minimum absolute atomic E-state index is 0.126. The summed E-state index contributed by atoms with van der Waals surface area (Å²) in [5, 5.41) is 9.70. The van der Waals surface area contributed by atoms with Gasteiger partial charge in [0.2, 0.25) is 5.91 Å². The normalized spacial score (nSPS) is 14.1. The number of phenols is 1. The van der Waals surface area contributed by atoms with E-state index in [1.165, 1.54) is 0 Å². The van der Waals surface area contributed by atoms with Crippen molar-refractivity contribution >= 4 is 5.91 Å². The third kappa shape index (κ3) is 2.52. The predicted molar refractivity (Wildman–Crippen MR) is 74.1 cm³/mol. The van der Waals surface area contributed by atoms with Crippen LogP contribution in [-0.2, 0) is 24.3 Å². The lowest BCUT2D eigenvalue weighted by Crippen LogP contribution is -2.37. The maximum atomic E-state index is 12.2. The highest BCUT2D eigenvalue weighted by Gasteiger charge is 2.20. The monoisotopic (exact) mass is 271 g/mol. The Morgan fingerprint density at radius 1 is 1.30 bits per heavy atom. The molecule has 0 saturated heterocycles. The largest absolute Gasteiger partial charge is 0.508 e. The fourth-order valence-electron chi connectivity index (χ4n) is 2.52. The van der Waals surface area contributed by atoms with Gasteiger partial charge in [-0.15, -0.1) is 0 Å². The summed E-state index contributed by atoms with van der Waals surface area (Å²) in [4.78, 5) is 18.2. The van der Waals surface area contributed by atoms with Crippen LogP contribution in [0.4, 0.5) is 0 Å². The molecule has 0 bridgehead atoms. The molecule has 0 saturated carbocycles. The van der Waals surface area contributed by atoms with Crippen molar-refractivity contribution in [1.29, 1.82) is 0 Å². The second-order valence-electron chi connectivity index (χ2n) is 5.02. The van der Waals surface area contributed by atoms with Crippen LogP contribution < -0.4 is 0 Å². The molecule has 1 aliphatic rings. The van der Waals surface area contributed by atoms with E-state index in [2.05, 4.69) is 9.55 Å². The van der Waals surface area contributed by atoms with Gasteiger partial charge in [0.15, 0.2) is 0 Å². The molecule has 5 nitrogen and oxygen atoms in total. The predicted octanol–water partition coefficient (Wildman–Crippen LogP) is 1.56. The number of benzene rings is 1. The molecule has 2 heterocycles. The highest BCUT2D eigenvalue weighted by Crippen LogP contribution is 2.19. The van der Waals surface area contributed by atoms with E-state index in [9.17, 15) is 9.90 Å². The van der Waals surface area contributed by atoms with Gasteiger partial charge in [-0.2, -0.15) is 0 Å². The Morgan fingerprint density at radius 2 is 2.15 bits per heavy atom. The number of carbonyl (C=O) groups excluding carboxylic acids is 1. The number of aromatic hydroxyl groups is 1. The second-order valence-corrected chi connectivity index (χ2v) is 5.02. The minimum Gasteiger partial charge on any atom is -0.508 e. The van der Waals surface area contributed by atoms with Gasteiger partial charge in [-0.1, -0.05) is 18.2 Å². The number of amides is 1. The van der Waals surface area contributed by atoms with Crippen LogP contribution in [-0.4, -0.2) is 32.0 Å². The molecule has 1 N–H and O–H groups in total. The number of rotatable bonds is 3. The van der Waals surface area contributed by atoms with E-state index in [0.717, 1.165) is 24.3 Å². The number of fused-ring (bicyclic) bond motifs is 1. The number of hydrogen-bond acceptors (Lipinski definition) is 3. The zero-order valence-corrected chi connectivity index (χ0v) is 11.2. The Kier molecular flexibility index (Phi) is 3.41. The van der Waals surface area contributed by atoms with Crippen molar-refractivity contribution in [3.63, 3.8) is 0 Å². The van der Waals surface area contributed by atoms with Gasteiger partial charge in [-0.25, -0.2) is 4.98 Å². The number of para-hydroxylation sites is 1. The second kappa shape index (κ2) is 5.36. The number of carbonyl (C=O) groups is 1. The van der Waals surface area contributed by atoms with Crippen molar-refractivity contribution in [1.82, 2.24) is 14.5 Å². The molecule has 0 unspecified atom stereocenters. The van der Waals surface area contributed by atoms with Crippen LogP contribution in [0.3, 0.4) is 0 Å². The standard InChI is InChI=1S/C15H17N3O2/c19-14-4-2-1-3-12(14)5-6-15(20)17-7-8-18-11-16-9-13(18)10-17/h1-4,9,11,19H,5-8,10H2. The van der Waals surface area contributed by atoms with Gasteiger partial charge in [0.1, 0.15) is 5.75 Å². The van der Waals surface area contributed by atoms with Gasteiger partial charge in [0.05, 0.1) is 18.6 Å². The van der Waals surface area contributed by atoms with Gasteiger partial charge in [0.25, 0.3) is 0 Å². The van der Waals surface area contributed by atoms with Crippen molar-refractivity contribution < 1.29 is 9.90 Å². The molecule has 0 fully saturated rings. The highest BCUT2D eigenvalue weighted by molar-refractivity contribution is 5.76. The molecule has 1 aliphatic heterocycles. The zero-order valence-electron chi connectivity index (χ0n) is 11.2. The number of phenolic OH excluding ortho intramolecular Hbond substituents is 1. The lowest BCUT2D eigenvalue weighted by Gasteiger charge is -2.28. The number of hydrogen-bond donors (Lipinski definition) is 1. The topological polar surface area (TPSA) is 58.4 Å². The van der Waals surface area contributed by atoms with Crippen LogP contribution in [0.5, 0.6) is 5.75 Å². The van der Waals surface area contributed by atoms with Crippen LogP contribution in [0, 0.1) is 0 Å². The Hall–Kier alpha value is -2.30. The van der Waals surface area contributed by atoms with Gasteiger partial charge >= 0.3 is 0 Å². The summed E-state index contributed by atoms with van der Waals surface area (Å²) in [6, 6.07) is 7.17. The molecule has 20 heavy (non-hydrogen) atoms. The summed E-state index contributed by atoms with van der Waals surface area (Å²) >= 11 is 0. The molecule has 1 aromatic heterocycles. The molecule has 1 aromatic carbocycles. The number of aromatic nitrogens is 2. The molecular formula is C15H17N3O2. The average Bonchev–Trinajstić information content (AvgIpc) is 2.93. The molecule has 0 aliphatic carbocycles. The SMILES string of the molecule is O=C(CCc1ccccc1O)N1CCn2cncc2C1. The van der Waals surface area contributed by atoms with E-state index < -0.39 is 0 Å². The summed E-state index contributed by atoms with van der Waals surface area (Å²) in [5.41, 5.74) is 1.90. The quantitative estimate of drug-likeness (QED) is 0.921. The lowest BCUT2D eigenvalue weighted by molar-refractivity contribution is -0.132. The summed E-state index contributed by atoms with van der Waals surface area (Å²) in [6.07, 6.45) is 4.61. The summed E-state index contributed by atoms with van der Waals surface area (Å²) in [6.45, 7) is 2.15. The number of imidazole rings is 1. The Balaban J connectivity index is 1.59. The third-order valence-corrected chi connectivity index (χ3v) is 3.71. The smallest absolute Gasteiger partial charge is 0.223 e. The van der Waals surface area contributed by atoms with Gasteiger partial charge < -0.3 is 14.6 Å². The molecule has 0 atom stereocenters. The molecule has 5 heteroatoms. The first-order chi connectivity index (χ1) is 9.74. The Bertz CT molecular complexity index is 621. The number of nitrogens with zero attached hydrogens (tertiary/aromatic N) is 3. The van der Waals surface area contributed by atoms with Crippen molar-refractivity contribution in [3.8, 4) is 5.75 Å². The first-order valence-electron chi connectivity index (χ1n) is 6.77. The van der Waals surface area contributed by atoms with Crippen LogP contribution in [0.1, 0.15) is 17.7 Å². The van der Waals surface area contributed by atoms with Gasteiger partial charge in [0, 0.05) is 25.7 Å². The maximum absolute atomic E-state index is 12.2. The van der Waals surface area contributed by atoms with Crippen LogP contribution in [0.25, 0.3) is 0 Å². The third-order valence-electron chi connectivity index (χ3n) is 3.71. The molecule has 0 spiro atoms. The van der Waals surface area contributed by atoms with E-state index in [0.29, 0.717) is 19.4 Å². The summed E-state index contributed by atoms with van der Waals surface area (Å²) in [7, 11) is 0. The first kappa shape index (κ1) is 12.7. The van der Waals surface area contributed by atoms with Gasteiger partial charge in [-0.3, -0.25) is 4.79 Å². The average molecular weight is 271 g/mol. The molecule has 1 amide bonds. The molecule has 3 rings (SSSR count). The van der Waals surface area contributed by atoms with Crippen LogP contribution in [0.2, 0.25) is 0 Å². The molecule has 2 aromatic rings. The van der Waals surface area contributed by atoms with E-state index >= 15 is 0 Å². The highest BCUT2D eigenvalue weighted by atomic mass is 16.3. The minimum atomic E-state index is 0.126. The van der Waals surface area contributed by atoms with Crippen molar-refractivity contribution in [2.75, 3.05) is 6.54 Å². The van der Waals surface area contributed by atoms with Crippen LogP contribution in [0.15, 0.2) is 36.8 Å². The molecule has 104 valence electrons. The zero-order chi connectivity index (χ0) is 13.9. The van der Waals surface area contributed by atoms with Crippen molar-refractivity contribution in [2.24, 2.45) is 0 Å². The van der Waals surface area contributed by atoms with Crippen molar-refractivity contribution in [2.45, 2.75) is 25.9 Å². The molecule has 0 radical (unpaired) electrons. The van der Waals surface area contributed by atoms with Crippen molar-refractivity contribution in [3.05, 3.63) is 48.0 Å². The number of aryl methyl sites for hydroxylation is 1. The lowest BCUT2D eigenvalue weighted by atomic mass is 10.1. The Morgan fingerprint density at radius 3 is 3.00 bits per heavy atom. The summed E-state index contributed by atoms with van der Waals surface area (Å²) in [5.74, 6) is 0.387. The van der Waals surface area contributed by atoms with E-state index in [1.807, 2.05) is 23.2 Å².